The Labute approximate surface area is 171 Å². The zero-order valence-electron chi connectivity index (χ0n) is 17.9. The average molecular weight is 399 g/mol. The van der Waals surface area contributed by atoms with Crippen molar-refractivity contribution in [2.45, 2.75) is 60.6 Å². The highest BCUT2D eigenvalue weighted by Gasteiger charge is 2.22. The number of aryl methyl sites for hydroxylation is 3. The molecule has 0 aliphatic carbocycles. The van der Waals surface area contributed by atoms with E-state index in [9.17, 15) is 14.4 Å². The molecular weight excluding hydrogens is 370 g/mol. The number of carbonyl (C=O) groups excluding carboxylic acids is 3. The van der Waals surface area contributed by atoms with Gasteiger partial charge in [-0.2, -0.15) is 5.10 Å². The van der Waals surface area contributed by atoms with E-state index in [1.165, 1.54) is 0 Å². The van der Waals surface area contributed by atoms with Gasteiger partial charge in [0.1, 0.15) is 0 Å². The second-order valence-electron chi connectivity index (χ2n) is 8.18. The highest BCUT2D eigenvalue weighted by Crippen LogP contribution is 2.18. The van der Waals surface area contributed by atoms with Gasteiger partial charge in [-0.1, -0.05) is 20.8 Å². The second kappa shape index (κ2) is 9.03. The van der Waals surface area contributed by atoms with Crippen LogP contribution in [0.4, 0.5) is 5.69 Å². The van der Waals surface area contributed by atoms with E-state index < -0.39 is 17.5 Å². The van der Waals surface area contributed by atoms with E-state index in [4.69, 9.17) is 4.74 Å². The standard InChI is InChI=1S/C22H29N3O4/c1-14-13-15(2)25(24-14)12-11-19(26)29-16(3)20(27)17-7-9-18(10-8-17)23-21(28)22(4,5)6/h7-10,13,16H,11-12H2,1-6H3,(H,23,28). The fraction of sp³-hybridized carbons (Fsp3) is 0.455. The van der Waals surface area contributed by atoms with Crippen LogP contribution in [0.1, 0.15) is 55.9 Å². The number of rotatable bonds is 7. The molecule has 7 heteroatoms. The van der Waals surface area contributed by atoms with Crippen LogP contribution in [0.2, 0.25) is 0 Å². The molecule has 0 saturated heterocycles. The van der Waals surface area contributed by atoms with Crippen LogP contribution < -0.4 is 5.32 Å². The largest absolute Gasteiger partial charge is 0.454 e. The first-order valence-electron chi connectivity index (χ1n) is 9.63. The molecule has 156 valence electrons. The van der Waals surface area contributed by atoms with Crippen LogP contribution in [-0.2, 0) is 20.9 Å². The van der Waals surface area contributed by atoms with Crippen molar-refractivity contribution < 1.29 is 19.1 Å². The van der Waals surface area contributed by atoms with Crippen molar-refractivity contribution in [2.75, 3.05) is 5.32 Å². The fourth-order valence-corrected chi connectivity index (χ4v) is 2.68. The Balaban J connectivity index is 1.89. The van der Waals surface area contributed by atoms with Gasteiger partial charge in [-0.05, 0) is 51.1 Å². The van der Waals surface area contributed by atoms with Gasteiger partial charge in [0, 0.05) is 22.4 Å². The van der Waals surface area contributed by atoms with Crippen molar-refractivity contribution in [3.05, 3.63) is 47.3 Å². The van der Waals surface area contributed by atoms with Gasteiger partial charge in [-0.3, -0.25) is 19.1 Å². The number of carbonyl (C=O) groups is 3. The number of aromatic nitrogens is 2. The maximum absolute atomic E-state index is 12.5. The summed E-state index contributed by atoms with van der Waals surface area (Å²) < 4.78 is 7.02. The van der Waals surface area contributed by atoms with Crippen LogP contribution >= 0.6 is 0 Å². The number of hydrogen-bond acceptors (Lipinski definition) is 5. The summed E-state index contributed by atoms with van der Waals surface area (Å²) in [6.45, 7) is 11.2. The number of anilines is 1. The molecule has 1 aromatic carbocycles. The summed E-state index contributed by atoms with van der Waals surface area (Å²) >= 11 is 0. The second-order valence-corrected chi connectivity index (χ2v) is 8.18. The SMILES string of the molecule is Cc1cc(C)n(CCC(=O)OC(C)C(=O)c2ccc(NC(=O)C(C)(C)C)cc2)n1. The zero-order valence-corrected chi connectivity index (χ0v) is 17.9. The molecule has 0 saturated carbocycles. The summed E-state index contributed by atoms with van der Waals surface area (Å²) in [4.78, 5) is 36.6. The first-order chi connectivity index (χ1) is 13.5. The maximum Gasteiger partial charge on any atom is 0.308 e. The number of Topliss-reactive ketones (excluding diaryl/α,β-unsaturated/α-hetero) is 1. The van der Waals surface area contributed by atoms with Gasteiger partial charge >= 0.3 is 5.97 Å². The van der Waals surface area contributed by atoms with Crippen LogP contribution in [-0.4, -0.2) is 33.5 Å². The molecule has 0 aliphatic heterocycles. The number of nitrogens with one attached hydrogen (secondary N) is 1. The zero-order chi connectivity index (χ0) is 21.8. The summed E-state index contributed by atoms with van der Waals surface area (Å²) in [6.07, 6.45) is -0.755. The molecule has 1 heterocycles. The van der Waals surface area contributed by atoms with Gasteiger partial charge in [0.2, 0.25) is 11.7 Å². The minimum absolute atomic E-state index is 0.110. The van der Waals surface area contributed by atoms with Gasteiger partial charge in [0.15, 0.2) is 6.10 Å². The predicted octanol–water partition coefficient (Wildman–Crippen LogP) is 3.69. The van der Waals surface area contributed by atoms with Crippen molar-refractivity contribution in [2.24, 2.45) is 5.41 Å². The molecule has 0 aliphatic rings. The van der Waals surface area contributed by atoms with Crippen LogP contribution in [0.15, 0.2) is 30.3 Å². The number of hydrogen-bond donors (Lipinski definition) is 1. The normalized spacial score (nSPS) is 12.3. The van der Waals surface area contributed by atoms with Gasteiger partial charge in [0.25, 0.3) is 0 Å². The van der Waals surface area contributed by atoms with Crippen molar-refractivity contribution in [1.29, 1.82) is 0 Å². The van der Waals surface area contributed by atoms with E-state index in [2.05, 4.69) is 10.4 Å². The first kappa shape index (κ1) is 22.3. The third-order valence-electron chi connectivity index (χ3n) is 4.42. The topological polar surface area (TPSA) is 90.3 Å². The Hall–Kier alpha value is -2.96. The maximum atomic E-state index is 12.5. The molecule has 1 aromatic heterocycles. The van der Waals surface area contributed by atoms with E-state index >= 15 is 0 Å². The minimum Gasteiger partial charge on any atom is -0.454 e. The molecule has 1 amide bonds. The molecule has 1 atom stereocenters. The molecule has 0 fully saturated rings. The number of nitrogens with zero attached hydrogens (tertiary/aromatic N) is 2. The molecule has 0 bridgehead atoms. The van der Waals surface area contributed by atoms with Crippen LogP contribution in [0, 0.1) is 19.3 Å². The summed E-state index contributed by atoms with van der Waals surface area (Å²) in [5, 5.41) is 7.10. The summed E-state index contributed by atoms with van der Waals surface area (Å²) in [6, 6.07) is 8.48. The Morgan fingerprint density at radius 2 is 1.76 bits per heavy atom. The number of esters is 1. The molecule has 0 radical (unpaired) electrons. The lowest BCUT2D eigenvalue weighted by Crippen LogP contribution is -2.27. The third-order valence-corrected chi connectivity index (χ3v) is 4.42. The van der Waals surface area contributed by atoms with Gasteiger partial charge in [-0.25, -0.2) is 0 Å². The number of ether oxygens (including phenoxy) is 1. The van der Waals surface area contributed by atoms with E-state index in [1.54, 1.807) is 35.9 Å². The monoisotopic (exact) mass is 399 g/mol. The highest BCUT2D eigenvalue weighted by atomic mass is 16.5. The fourth-order valence-electron chi connectivity index (χ4n) is 2.68. The number of amides is 1. The molecule has 0 spiro atoms. The smallest absolute Gasteiger partial charge is 0.308 e. The average Bonchev–Trinajstić information content (AvgIpc) is 2.96. The third kappa shape index (κ3) is 6.27. The van der Waals surface area contributed by atoms with Gasteiger partial charge in [0.05, 0.1) is 18.7 Å². The summed E-state index contributed by atoms with van der Waals surface area (Å²) in [5.41, 5.74) is 2.37. The molecule has 29 heavy (non-hydrogen) atoms. The highest BCUT2D eigenvalue weighted by molar-refractivity contribution is 6.01. The minimum atomic E-state index is -0.891. The lowest BCUT2D eigenvalue weighted by atomic mass is 9.95. The lowest BCUT2D eigenvalue weighted by molar-refractivity contribution is -0.146. The molecule has 1 unspecified atom stereocenters. The molecule has 7 nitrogen and oxygen atoms in total. The van der Waals surface area contributed by atoms with Crippen LogP contribution in [0.5, 0.6) is 0 Å². The molecule has 2 aromatic rings. The van der Waals surface area contributed by atoms with Crippen molar-refractivity contribution in [3.8, 4) is 0 Å². The van der Waals surface area contributed by atoms with Crippen LogP contribution in [0.3, 0.4) is 0 Å². The van der Waals surface area contributed by atoms with E-state index in [1.807, 2.05) is 40.7 Å². The van der Waals surface area contributed by atoms with Gasteiger partial charge < -0.3 is 10.1 Å². The van der Waals surface area contributed by atoms with Gasteiger partial charge in [-0.15, -0.1) is 0 Å². The first-order valence-corrected chi connectivity index (χ1v) is 9.63. The Bertz CT molecular complexity index is 892. The number of ketones is 1. The van der Waals surface area contributed by atoms with E-state index in [0.29, 0.717) is 17.8 Å². The number of benzene rings is 1. The van der Waals surface area contributed by atoms with Crippen molar-refractivity contribution >= 4 is 23.3 Å². The summed E-state index contributed by atoms with van der Waals surface area (Å²) in [5.74, 6) is -0.855. The lowest BCUT2D eigenvalue weighted by Gasteiger charge is -2.18. The summed E-state index contributed by atoms with van der Waals surface area (Å²) in [7, 11) is 0. The molecule has 2 rings (SSSR count). The van der Waals surface area contributed by atoms with Crippen molar-refractivity contribution in [1.82, 2.24) is 9.78 Å². The predicted molar refractivity (Wildman–Crippen MR) is 111 cm³/mol. The van der Waals surface area contributed by atoms with Crippen LogP contribution in [0.25, 0.3) is 0 Å². The molecular formula is C22H29N3O4. The Morgan fingerprint density at radius 3 is 2.28 bits per heavy atom. The Kier molecular flexibility index (Phi) is 6.95. The van der Waals surface area contributed by atoms with E-state index in [-0.39, 0.29) is 18.1 Å². The quantitative estimate of drug-likeness (QED) is 0.566. The molecule has 1 N–H and O–H groups in total. The van der Waals surface area contributed by atoms with E-state index in [0.717, 1.165) is 11.4 Å². The van der Waals surface area contributed by atoms with Crippen molar-refractivity contribution in [3.63, 3.8) is 0 Å². The Morgan fingerprint density at radius 1 is 1.14 bits per heavy atom.